The van der Waals surface area contributed by atoms with Crippen LogP contribution in [0.25, 0.3) is 0 Å². The molecule has 0 fully saturated rings. The highest BCUT2D eigenvalue weighted by atomic mass is 35.5. The topological polar surface area (TPSA) is 98.5 Å². The van der Waals surface area contributed by atoms with Crippen LogP contribution in [0.4, 0.5) is 5.69 Å². The van der Waals surface area contributed by atoms with Crippen molar-refractivity contribution in [3.8, 4) is 5.75 Å². The molecule has 3 N–H and O–H groups in total. The van der Waals surface area contributed by atoms with Crippen LogP contribution in [0.3, 0.4) is 0 Å². The van der Waals surface area contributed by atoms with Gasteiger partial charge in [-0.1, -0.05) is 11.6 Å². The Bertz CT molecular complexity index is 621. The predicted octanol–water partition coefficient (Wildman–Crippen LogP) is 2.25. The first kappa shape index (κ1) is 22.0. The molecule has 0 bridgehead atoms. The highest BCUT2D eigenvalue weighted by Gasteiger charge is 2.11. The molecule has 6 nitrogen and oxygen atoms in total. The Morgan fingerprint density at radius 1 is 1.43 bits per heavy atom. The normalized spacial score (nSPS) is 12.2. The second-order valence-corrected chi connectivity index (χ2v) is 7.88. The Balaban J connectivity index is 0.00000484. The van der Waals surface area contributed by atoms with Gasteiger partial charge in [-0.15, -0.1) is 12.4 Å². The monoisotopic (exact) mass is 384 g/mol. The summed E-state index contributed by atoms with van der Waals surface area (Å²) >= 11 is 5.91. The number of benzene rings is 1. The summed E-state index contributed by atoms with van der Waals surface area (Å²) in [5, 5.41) is 3.14. The molecule has 0 saturated carbocycles. The van der Waals surface area contributed by atoms with Gasteiger partial charge in [0, 0.05) is 23.7 Å². The van der Waals surface area contributed by atoms with Crippen LogP contribution in [0.5, 0.6) is 5.75 Å². The largest absolute Gasteiger partial charge is 0.490 e. The van der Waals surface area contributed by atoms with E-state index in [0.29, 0.717) is 22.9 Å². The molecule has 132 valence electrons. The van der Waals surface area contributed by atoms with Crippen LogP contribution in [0.1, 0.15) is 19.8 Å². The lowest BCUT2D eigenvalue weighted by Crippen LogP contribution is -2.20. The number of carbonyl (C=O) groups is 1. The summed E-state index contributed by atoms with van der Waals surface area (Å²) in [6, 6.07) is 4.69. The number of anilines is 1. The van der Waals surface area contributed by atoms with Gasteiger partial charge in [0.25, 0.3) is 0 Å². The maximum atomic E-state index is 11.9. The summed E-state index contributed by atoms with van der Waals surface area (Å²) in [4.78, 5) is 11.9. The molecule has 1 unspecified atom stereocenters. The number of sulfone groups is 1. The third-order valence-electron chi connectivity index (χ3n) is 2.75. The summed E-state index contributed by atoms with van der Waals surface area (Å²) in [5.74, 6) is 0.0722. The summed E-state index contributed by atoms with van der Waals surface area (Å²) in [6.07, 6.45) is 1.98. The molecule has 0 heterocycles. The van der Waals surface area contributed by atoms with Crippen LogP contribution < -0.4 is 15.8 Å². The smallest absolute Gasteiger partial charge is 0.224 e. The van der Waals surface area contributed by atoms with E-state index >= 15 is 0 Å². The van der Waals surface area contributed by atoms with Crippen molar-refractivity contribution in [2.75, 3.05) is 23.9 Å². The minimum Gasteiger partial charge on any atom is -0.490 e. The molecule has 23 heavy (non-hydrogen) atoms. The molecule has 0 aliphatic heterocycles. The van der Waals surface area contributed by atoms with E-state index in [2.05, 4.69) is 5.32 Å². The lowest BCUT2D eigenvalue weighted by atomic mass is 10.2. The van der Waals surface area contributed by atoms with E-state index in [1.807, 2.05) is 6.92 Å². The Morgan fingerprint density at radius 2 is 2.09 bits per heavy atom. The van der Waals surface area contributed by atoms with E-state index in [1.54, 1.807) is 18.2 Å². The number of hydrogen-bond donors (Lipinski definition) is 2. The number of hydrogen-bond acceptors (Lipinski definition) is 5. The molecular formula is C14H22Cl2N2O4S. The molecule has 0 aromatic heterocycles. The summed E-state index contributed by atoms with van der Waals surface area (Å²) < 4.78 is 27.6. The third-order valence-corrected chi connectivity index (χ3v) is 3.90. The van der Waals surface area contributed by atoms with Crippen molar-refractivity contribution in [1.29, 1.82) is 0 Å². The zero-order valence-electron chi connectivity index (χ0n) is 13.0. The second-order valence-electron chi connectivity index (χ2n) is 5.18. The summed E-state index contributed by atoms with van der Waals surface area (Å²) in [7, 11) is -3.11. The number of halogens is 2. The fraction of sp³-hybridized carbons (Fsp3) is 0.500. The number of ether oxygens (including phenoxy) is 1. The van der Waals surface area contributed by atoms with Crippen molar-refractivity contribution in [3.05, 3.63) is 23.2 Å². The van der Waals surface area contributed by atoms with Gasteiger partial charge in [-0.3, -0.25) is 4.79 Å². The quantitative estimate of drug-likeness (QED) is 0.715. The average molecular weight is 385 g/mol. The summed E-state index contributed by atoms with van der Waals surface area (Å²) in [6.45, 7) is 1.83. The first-order chi connectivity index (χ1) is 10.2. The maximum absolute atomic E-state index is 11.9. The van der Waals surface area contributed by atoms with Crippen molar-refractivity contribution in [3.63, 3.8) is 0 Å². The molecule has 1 rings (SSSR count). The van der Waals surface area contributed by atoms with Gasteiger partial charge in [0.05, 0.1) is 11.4 Å². The van der Waals surface area contributed by atoms with Gasteiger partial charge in [0.2, 0.25) is 5.91 Å². The Kier molecular flexibility index (Phi) is 9.53. The minimum absolute atomic E-state index is 0. The van der Waals surface area contributed by atoms with Crippen LogP contribution in [0, 0.1) is 0 Å². The van der Waals surface area contributed by atoms with Crippen LogP contribution >= 0.6 is 24.0 Å². The predicted molar refractivity (Wildman–Crippen MR) is 95.4 cm³/mol. The number of carbonyl (C=O) groups excluding carboxylic acids is 1. The Hall–Kier alpha value is -1.02. The van der Waals surface area contributed by atoms with E-state index in [1.165, 1.54) is 0 Å². The van der Waals surface area contributed by atoms with Gasteiger partial charge >= 0.3 is 0 Å². The van der Waals surface area contributed by atoms with Crippen molar-refractivity contribution < 1.29 is 17.9 Å². The zero-order valence-corrected chi connectivity index (χ0v) is 15.4. The fourth-order valence-electron chi connectivity index (χ4n) is 1.60. The number of nitrogens with one attached hydrogen (secondary N) is 1. The van der Waals surface area contributed by atoms with E-state index in [4.69, 9.17) is 22.1 Å². The van der Waals surface area contributed by atoms with E-state index in [-0.39, 0.29) is 43.1 Å². The van der Waals surface area contributed by atoms with Crippen LogP contribution in [0.2, 0.25) is 5.02 Å². The van der Waals surface area contributed by atoms with Crippen LogP contribution in [-0.2, 0) is 14.6 Å². The first-order valence-corrected chi connectivity index (χ1v) is 9.27. The number of rotatable bonds is 8. The average Bonchev–Trinajstić information content (AvgIpc) is 2.37. The van der Waals surface area contributed by atoms with Gasteiger partial charge in [-0.05, 0) is 31.5 Å². The van der Waals surface area contributed by atoms with Gasteiger partial charge in [0.15, 0.2) is 9.84 Å². The summed E-state index contributed by atoms with van der Waals surface area (Å²) in [5.41, 5.74) is 6.02. The Morgan fingerprint density at radius 3 is 2.65 bits per heavy atom. The highest BCUT2D eigenvalue weighted by Crippen LogP contribution is 2.28. The van der Waals surface area contributed by atoms with E-state index in [9.17, 15) is 13.2 Å². The molecule has 0 radical (unpaired) electrons. The lowest BCUT2D eigenvalue weighted by molar-refractivity contribution is -0.116. The van der Waals surface area contributed by atoms with Gasteiger partial charge in [-0.2, -0.15) is 0 Å². The Labute approximate surface area is 148 Å². The van der Waals surface area contributed by atoms with E-state index < -0.39 is 9.84 Å². The van der Waals surface area contributed by atoms with Crippen molar-refractivity contribution in [1.82, 2.24) is 0 Å². The lowest BCUT2D eigenvalue weighted by Gasteiger charge is -2.13. The minimum atomic E-state index is -3.11. The molecule has 1 amide bonds. The third kappa shape index (κ3) is 9.65. The molecule has 1 aromatic rings. The molecule has 1 aromatic carbocycles. The van der Waals surface area contributed by atoms with Gasteiger partial charge < -0.3 is 15.8 Å². The maximum Gasteiger partial charge on any atom is 0.224 e. The zero-order chi connectivity index (χ0) is 16.8. The van der Waals surface area contributed by atoms with Crippen molar-refractivity contribution in [2.45, 2.75) is 25.8 Å². The first-order valence-electron chi connectivity index (χ1n) is 6.83. The standard InChI is InChI=1S/C14H21ClN2O4S.ClH/c1-10(16)3-6-14(18)17-12-9-11(15)4-5-13(12)21-7-8-22(2,19)20;/h4-5,9-10H,3,6-8,16H2,1-2H3,(H,17,18);1H. The molecule has 0 saturated heterocycles. The van der Waals surface area contributed by atoms with Crippen molar-refractivity contribution in [2.24, 2.45) is 5.73 Å². The molecule has 0 spiro atoms. The molecule has 1 atom stereocenters. The molecular weight excluding hydrogens is 363 g/mol. The molecule has 0 aliphatic carbocycles. The van der Waals surface area contributed by atoms with E-state index in [0.717, 1.165) is 6.26 Å². The van der Waals surface area contributed by atoms with Crippen LogP contribution in [0.15, 0.2) is 18.2 Å². The van der Waals surface area contributed by atoms with Gasteiger partial charge in [0.1, 0.15) is 12.4 Å². The second kappa shape index (κ2) is 9.97. The van der Waals surface area contributed by atoms with Gasteiger partial charge in [-0.25, -0.2) is 8.42 Å². The highest BCUT2D eigenvalue weighted by molar-refractivity contribution is 7.90. The SMILES string of the molecule is CC(N)CCC(=O)Nc1cc(Cl)ccc1OCCS(C)(=O)=O.Cl. The molecule has 0 aliphatic rings. The fourth-order valence-corrected chi connectivity index (χ4v) is 2.16. The van der Waals surface area contributed by atoms with Crippen molar-refractivity contribution >= 4 is 45.4 Å². The number of nitrogens with two attached hydrogens (primary N) is 1. The van der Waals surface area contributed by atoms with Crippen LogP contribution in [-0.4, -0.2) is 39.0 Å². The molecule has 9 heteroatoms. The number of amides is 1.